The molecule has 2 aromatic heterocycles. The van der Waals surface area contributed by atoms with Gasteiger partial charge in [0, 0.05) is 23.1 Å². The van der Waals surface area contributed by atoms with Gasteiger partial charge in [-0.15, -0.1) is 5.10 Å². The van der Waals surface area contributed by atoms with E-state index in [1.807, 2.05) is 49.3 Å². The highest BCUT2D eigenvalue weighted by atomic mass is 35.5. The number of benzene rings is 3. The fourth-order valence-electron chi connectivity index (χ4n) is 4.58. The number of halogens is 4. The second-order valence-corrected chi connectivity index (χ2v) is 12.0. The van der Waals surface area contributed by atoms with Crippen LogP contribution in [0.15, 0.2) is 77.6 Å². The van der Waals surface area contributed by atoms with Crippen molar-refractivity contribution in [1.82, 2.24) is 14.2 Å². The molecule has 0 fully saturated rings. The summed E-state index contributed by atoms with van der Waals surface area (Å²) in [7, 11) is 0. The first-order valence-electron chi connectivity index (χ1n) is 14.1. The maximum Gasteiger partial charge on any atom is 0.432 e. The van der Waals surface area contributed by atoms with E-state index in [0.717, 1.165) is 28.7 Å². The average molecular weight is 660 g/mol. The molecule has 0 bridgehead atoms. The van der Waals surface area contributed by atoms with Gasteiger partial charge in [0.15, 0.2) is 0 Å². The highest BCUT2D eigenvalue weighted by Gasteiger charge is 2.34. The molecule has 0 spiro atoms. The Morgan fingerprint density at radius 1 is 1.07 bits per heavy atom. The van der Waals surface area contributed by atoms with Gasteiger partial charge in [-0.1, -0.05) is 79.4 Å². The molecule has 45 heavy (non-hydrogen) atoms. The van der Waals surface area contributed by atoms with Gasteiger partial charge in [-0.25, -0.2) is 3.96 Å². The first kappa shape index (κ1) is 32.1. The van der Waals surface area contributed by atoms with Crippen molar-refractivity contribution in [2.24, 2.45) is 0 Å². The van der Waals surface area contributed by atoms with Gasteiger partial charge >= 0.3 is 12.1 Å². The van der Waals surface area contributed by atoms with Crippen molar-refractivity contribution < 1.29 is 32.2 Å². The molecule has 0 amide bonds. The van der Waals surface area contributed by atoms with Crippen LogP contribution in [-0.2, 0) is 22.3 Å². The molecule has 0 radical (unpaired) electrons. The fraction of sp³-hybridized carbons (Fsp3) is 0.281. The zero-order chi connectivity index (χ0) is 32.1. The van der Waals surface area contributed by atoms with Crippen molar-refractivity contribution in [3.8, 4) is 11.6 Å². The zero-order valence-corrected chi connectivity index (χ0v) is 25.8. The standard InChI is InChI=1S/C32H29ClF3N3O5S/c1-19(2)24-15-23(42-14-6-9-28(40)43-18-20-7-4-3-5-8-20)16-25-29(24)30(41)39(45-25)31(21-10-12-22(33)13-11-21)44-27-17-26(37-38-27)32(34,35)36/h3-5,7-8,10-13,15-17,19,31H,6,9,14,18H2,1-2H3,(H,37,38). The van der Waals surface area contributed by atoms with Gasteiger partial charge in [0.05, 0.1) is 16.7 Å². The molecule has 0 aliphatic heterocycles. The number of H-pyrrole nitrogens is 1. The quantitative estimate of drug-likeness (QED) is 0.107. The number of nitrogens with one attached hydrogen (secondary N) is 1. The SMILES string of the molecule is CC(C)c1cc(OCCCC(=O)OCc2ccccc2)cc2sn(C(Oc3cc(C(F)(F)F)[nH]n3)c3ccc(Cl)cc3)c(=O)c12. The number of ether oxygens (including phenoxy) is 3. The number of alkyl halides is 3. The largest absolute Gasteiger partial charge is 0.494 e. The van der Waals surface area contributed by atoms with Crippen LogP contribution >= 0.6 is 23.1 Å². The van der Waals surface area contributed by atoms with Crippen LogP contribution in [0.2, 0.25) is 5.02 Å². The van der Waals surface area contributed by atoms with Gasteiger partial charge < -0.3 is 14.2 Å². The lowest BCUT2D eigenvalue weighted by Gasteiger charge is -2.18. The molecule has 2 heterocycles. The summed E-state index contributed by atoms with van der Waals surface area (Å²) in [4.78, 5) is 26.0. The van der Waals surface area contributed by atoms with Crippen LogP contribution in [0, 0.1) is 0 Å². The Morgan fingerprint density at radius 2 is 1.80 bits per heavy atom. The predicted octanol–water partition coefficient (Wildman–Crippen LogP) is 8.11. The van der Waals surface area contributed by atoms with Crippen molar-refractivity contribution >= 4 is 39.2 Å². The van der Waals surface area contributed by atoms with Gasteiger partial charge in [0.25, 0.3) is 5.56 Å². The third-order valence-corrected chi connectivity index (χ3v) is 8.16. The number of nitrogens with zero attached hydrogens (tertiary/aromatic N) is 2. The number of rotatable bonds is 12. The van der Waals surface area contributed by atoms with E-state index in [2.05, 4.69) is 5.10 Å². The Hall–Kier alpha value is -4.29. The Bertz CT molecular complexity index is 1820. The lowest BCUT2D eigenvalue weighted by Crippen LogP contribution is -2.25. The molecule has 1 atom stereocenters. The van der Waals surface area contributed by atoms with E-state index in [9.17, 15) is 22.8 Å². The van der Waals surface area contributed by atoms with Gasteiger partial charge in [-0.05, 0) is 47.7 Å². The third kappa shape index (κ3) is 7.87. The predicted molar refractivity (Wildman–Crippen MR) is 165 cm³/mol. The van der Waals surface area contributed by atoms with Crippen LogP contribution in [0.1, 0.15) is 61.2 Å². The molecule has 1 N–H and O–H groups in total. The summed E-state index contributed by atoms with van der Waals surface area (Å²) in [6.07, 6.45) is -5.18. The summed E-state index contributed by atoms with van der Waals surface area (Å²) >= 11 is 7.16. The minimum absolute atomic E-state index is 0.0599. The molecule has 5 aromatic rings. The van der Waals surface area contributed by atoms with Crippen molar-refractivity contribution in [2.45, 2.75) is 51.6 Å². The Labute approximate surface area is 265 Å². The first-order chi connectivity index (χ1) is 21.5. The molecule has 0 saturated heterocycles. The minimum Gasteiger partial charge on any atom is -0.494 e. The van der Waals surface area contributed by atoms with Crippen molar-refractivity contribution in [2.75, 3.05) is 6.61 Å². The topological polar surface area (TPSA) is 95.4 Å². The molecule has 0 saturated carbocycles. The lowest BCUT2D eigenvalue weighted by atomic mass is 9.99. The molecule has 1 unspecified atom stereocenters. The van der Waals surface area contributed by atoms with E-state index in [1.54, 1.807) is 36.4 Å². The molecular weight excluding hydrogens is 631 g/mol. The number of fused-ring (bicyclic) bond motifs is 1. The smallest absolute Gasteiger partial charge is 0.432 e. The molecule has 5 rings (SSSR count). The summed E-state index contributed by atoms with van der Waals surface area (Å²) in [5.41, 5.74) is 0.661. The summed E-state index contributed by atoms with van der Waals surface area (Å²) < 4.78 is 58.8. The number of hydrogen-bond donors (Lipinski definition) is 1. The van der Waals surface area contributed by atoms with Gasteiger partial charge in [0.2, 0.25) is 12.1 Å². The highest BCUT2D eigenvalue weighted by molar-refractivity contribution is 7.14. The van der Waals surface area contributed by atoms with Crippen LogP contribution in [0.4, 0.5) is 13.2 Å². The number of esters is 1. The van der Waals surface area contributed by atoms with E-state index in [0.29, 0.717) is 32.8 Å². The Kier molecular flexibility index (Phi) is 9.83. The van der Waals surface area contributed by atoms with Crippen LogP contribution < -0.4 is 15.0 Å². The van der Waals surface area contributed by atoms with Crippen molar-refractivity contribution in [3.05, 3.63) is 111 Å². The van der Waals surface area contributed by atoms with E-state index in [1.165, 1.54) is 3.96 Å². The molecule has 0 aliphatic rings. The van der Waals surface area contributed by atoms with E-state index >= 15 is 0 Å². The summed E-state index contributed by atoms with van der Waals surface area (Å²) in [5, 5.41) is 6.48. The fourth-order valence-corrected chi connectivity index (χ4v) is 5.82. The van der Waals surface area contributed by atoms with Crippen molar-refractivity contribution in [1.29, 1.82) is 0 Å². The monoisotopic (exact) mass is 659 g/mol. The van der Waals surface area contributed by atoms with Crippen LogP contribution in [0.5, 0.6) is 11.6 Å². The molecule has 236 valence electrons. The maximum absolute atomic E-state index is 13.9. The van der Waals surface area contributed by atoms with Gasteiger partial charge in [0.1, 0.15) is 18.1 Å². The molecular formula is C32H29ClF3N3O5S. The van der Waals surface area contributed by atoms with Crippen LogP contribution in [-0.4, -0.2) is 26.7 Å². The van der Waals surface area contributed by atoms with E-state index < -0.39 is 18.1 Å². The normalized spacial score (nSPS) is 12.4. The van der Waals surface area contributed by atoms with Crippen molar-refractivity contribution in [3.63, 3.8) is 0 Å². The highest BCUT2D eigenvalue weighted by Crippen LogP contribution is 2.35. The number of carbonyl (C=O) groups excluding carboxylic acids is 1. The molecule has 8 nitrogen and oxygen atoms in total. The maximum atomic E-state index is 13.9. The summed E-state index contributed by atoms with van der Waals surface area (Å²) in [6.45, 7) is 4.34. The zero-order valence-electron chi connectivity index (χ0n) is 24.3. The number of aromatic amines is 1. The summed E-state index contributed by atoms with van der Waals surface area (Å²) in [5.74, 6) is -0.204. The van der Waals surface area contributed by atoms with Gasteiger partial charge in [-0.2, -0.15) is 13.2 Å². The van der Waals surface area contributed by atoms with Crippen LogP contribution in [0.25, 0.3) is 10.1 Å². The summed E-state index contributed by atoms with van der Waals surface area (Å²) in [6, 6.07) is 20.1. The number of carbonyl (C=O) groups is 1. The van der Waals surface area contributed by atoms with E-state index in [-0.39, 0.29) is 43.0 Å². The number of hydrogen-bond acceptors (Lipinski definition) is 7. The van der Waals surface area contributed by atoms with E-state index in [4.69, 9.17) is 25.8 Å². The molecule has 13 heteroatoms. The van der Waals surface area contributed by atoms with Crippen LogP contribution in [0.3, 0.4) is 0 Å². The Morgan fingerprint density at radius 3 is 2.47 bits per heavy atom. The molecule has 0 aliphatic carbocycles. The Balaban J connectivity index is 1.37. The minimum atomic E-state index is -4.65. The second kappa shape index (κ2) is 13.8. The first-order valence-corrected chi connectivity index (χ1v) is 15.2. The second-order valence-electron chi connectivity index (χ2n) is 10.5. The lowest BCUT2D eigenvalue weighted by molar-refractivity contribution is -0.145. The number of aromatic nitrogens is 3. The third-order valence-electron chi connectivity index (χ3n) is 6.84. The molecule has 3 aromatic carbocycles. The van der Waals surface area contributed by atoms with Gasteiger partial charge in [-0.3, -0.25) is 14.7 Å². The average Bonchev–Trinajstić information content (AvgIpc) is 3.62.